The average Bonchev–Trinajstić information content (AvgIpc) is 2.60. The number of fused-ring (bicyclic) bond motifs is 3. The third kappa shape index (κ3) is 2.56. The molecule has 0 aliphatic rings. The van der Waals surface area contributed by atoms with E-state index in [0.29, 0.717) is 0 Å². The van der Waals surface area contributed by atoms with E-state index in [1.54, 1.807) is 0 Å². The van der Waals surface area contributed by atoms with Gasteiger partial charge in [0.1, 0.15) is 7.14 Å². The maximum atomic E-state index is 12.3. The lowest BCUT2D eigenvalue weighted by molar-refractivity contribution is 0.588. The quantitative estimate of drug-likeness (QED) is 0.330. The van der Waals surface area contributed by atoms with Gasteiger partial charge in [-0.2, -0.15) is 0 Å². The van der Waals surface area contributed by atoms with Gasteiger partial charge < -0.3 is 4.57 Å². The Morgan fingerprint density at radius 2 is 1.25 bits per heavy atom. The molecule has 0 fully saturated rings. The van der Waals surface area contributed by atoms with Crippen molar-refractivity contribution in [3.05, 3.63) is 78.9 Å². The van der Waals surface area contributed by atoms with E-state index in [-0.39, 0.29) is 0 Å². The van der Waals surface area contributed by atoms with E-state index >= 15 is 0 Å². The highest BCUT2D eigenvalue weighted by Crippen LogP contribution is 2.37. The van der Waals surface area contributed by atoms with Crippen molar-refractivity contribution in [2.75, 3.05) is 13.3 Å². The van der Waals surface area contributed by atoms with Crippen molar-refractivity contribution in [1.29, 1.82) is 0 Å². The molecule has 24 heavy (non-hydrogen) atoms. The smallest absolute Gasteiger partial charge is 0.109 e. The summed E-state index contributed by atoms with van der Waals surface area (Å²) < 4.78 is 12.3. The van der Waals surface area contributed by atoms with E-state index in [4.69, 9.17) is 0 Å². The Labute approximate surface area is 142 Å². The summed E-state index contributed by atoms with van der Waals surface area (Å²) in [6.45, 7) is 3.63. The largest absolute Gasteiger partial charge is 0.319 e. The maximum absolute atomic E-state index is 12.3. The molecule has 0 saturated carbocycles. The third-order valence-corrected chi connectivity index (χ3v) is 6.11. The van der Waals surface area contributed by atoms with Gasteiger partial charge in [0.05, 0.1) is 0 Å². The molecule has 0 atom stereocenters. The summed E-state index contributed by atoms with van der Waals surface area (Å²) in [5.74, 6) is 0. The van der Waals surface area contributed by atoms with Gasteiger partial charge in [0.25, 0.3) is 0 Å². The lowest BCUT2D eigenvalue weighted by atomic mass is 9.93. The van der Waals surface area contributed by atoms with Crippen molar-refractivity contribution in [3.63, 3.8) is 0 Å². The predicted molar refractivity (Wildman–Crippen MR) is 106 cm³/mol. The molecule has 4 aromatic carbocycles. The molecule has 4 aromatic rings. The zero-order valence-electron chi connectivity index (χ0n) is 13.9. The van der Waals surface area contributed by atoms with Crippen LogP contribution in [-0.4, -0.2) is 13.3 Å². The van der Waals surface area contributed by atoms with Crippen molar-refractivity contribution in [2.45, 2.75) is 0 Å². The first-order chi connectivity index (χ1) is 11.5. The monoisotopic (exact) mass is 330 g/mol. The van der Waals surface area contributed by atoms with Gasteiger partial charge in [0, 0.05) is 5.30 Å². The summed E-state index contributed by atoms with van der Waals surface area (Å²) in [4.78, 5) is 0. The number of benzene rings is 4. The van der Waals surface area contributed by atoms with Crippen LogP contribution in [0.3, 0.4) is 0 Å². The molecule has 0 bridgehead atoms. The van der Waals surface area contributed by atoms with E-state index in [9.17, 15) is 4.57 Å². The highest BCUT2D eigenvalue weighted by atomic mass is 31.2. The summed E-state index contributed by atoms with van der Waals surface area (Å²) in [7, 11) is -2.22. The van der Waals surface area contributed by atoms with Crippen LogP contribution >= 0.6 is 7.14 Å². The topological polar surface area (TPSA) is 17.1 Å². The van der Waals surface area contributed by atoms with Crippen LogP contribution in [0.25, 0.3) is 32.7 Å². The zero-order chi connectivity index (χ0) is 16.7. The third-order valence-electron chi connectivity index (χ3n) is 4.57. The number of rotatable bonds is 2. The molecule has 2 heteroatoms. The van der Waals surface area contributed by atoms with E-state index in [2.05, 4.69) is 66.7 Å². The van der Waals surface area contributed by atoms with Gasteiger partial charge in [0.2, 0.25) is 0 Å². The fourth-order valence-corrected chi connectivity index (χ4v) is 4.16. The summed E-state index contributed by atoms with van der Waals surface area (Å²) in [5.41, 5.74) is 2.38. The second kappa shape index (κ2) is 5.61. The van der Waals surface area contributed by atoms with Crippen LogP contribution in [0.15, 0.2) is 78.9 Å². The van der Waals surface area contributed by atoms with Gasteiger partial charge in [0.15, 0.2) is 0 Å². The summed E-state index contributed by atoms with van der Waals surface area (Å²) in [6.07, 6.45) is 0. The number of hydrogen-bond acceptors (Lipinski definition) is 1. The van der Waals surface area contributed by atoms with Crippen LogP contribution < -0.4 is 5.30 Å². The molecule has 0 amide bonds. The van der Waals surface area contributed by atoms with Gasteiger partial charge in [-0.25, -0.2) is 0 Å². The summed E-state index contributed by atoms with van der Waals surface area (Å²) in [5, 5.41) is 5.97. The molecule has 4 rings (SSSR count). The van der Waals surface area contributed by atoms with Crippen molar-refractivity contribution >= 4 is 34.0 Å². The minimum atomic E-state index is -2.22. The molecular weight excluding hydrogens is 311 g/mol. The average molecular weight is 330 g/mol. The minimum absolute atomic E-state index is 0.927. The van der Waals surface area contributed by atoms with Crippen molar-refractivity contribution < 1.29 is 4.57 Å². The molecule has 0 spiro atoms. The summed E-state index contributed by atoms with van der Waals surface area (Å²) >= 11 is 0. The fourth-order valence-electron chi connectivity index (χ4n) is 3.29. The molecule has 0 aliphatic carbocycles. The minimum Gasteiger partial charge on any atom is -0.319 e. The van der Waals surface area contributed by atoms with Crippen LogP contribution in [0.4, 0.5) is 0 Å². The Bertz CT molecular complexity index is 1090. The Morgan fingerprint density at radius 1 is 0.667 bits per heavy atom. The van der Waals surface area contributed by atoms with Gasteiger partial charge in [-0.15, -0.1) is 0 Å². The molecule has 0 saturated heterocycles. The lowest BCUT2D eigenvalue weighted by Gasteiger charge is -2.12. The maximum Gasteiger partial charge on any atom is 0.109 e. The van der Waals surface area contributed by atoms with Gasteiger partial charge in [-0.3, -0.25) is 0 Å². The van der Waals surface area contributed by atoms with E-state index in [1.165, 1.54) is 27.1 Å². The summed E-state index contributed by atoms with van der Waals surface area (Å²) in [6, 6.07) is 27.5. The van der Waals surface area contributed by atoms with Gasteiger partial charge in [-0.1, -0.05) is 72.8 Å². The molecule has 0 radical (unpaired) electrons. The Hall–Kier alpha value is -2.37. The highest BCUT2D eigenvalue weighted by Gasteiger charge is 2.12. The van der Waals surface area contributed by atoms with Crippen LogP contribution in [0.5, 0.6) is 0 Å². The first-order valence-electron chi connectivity index (χ1n) is 8.10. The Kier molecular flexibility index (Phi) is 3.55. The van der Waals surface area contributed by atoms with Gasteiger partial charge >= 0.3 is 0 Å². The standard InChI is InChI=1S/C22H19OP/c1-24(2,23)18-13-11-16(12-14-18)22-15-17-7-3-4-8-19(17)20-9-5-6-10-21(20)22/h3-15H,1-2H3. The first-order valence-corrected chi connectivity index (χ1v) is 10.7. The second-order valence-corrected chi connectivity index (χ2v) is 9.81. The van der Waals surface area contributed by atoms with Crippen molar-refractivity contribution in [1.82, 2.24) is 0 Å². The molecule has 0 heterocycles. The zero-order valence-corrected chi connectivity index (χ0v) is 14.8. The highest BCUT2D eigenvalue weighted by molar-refractivity contribution is 7.70. The predicted octanol–water partition coefficient (Wildman–Crippen LogP) is 5.91. The molecule has 0 aromatic heterocycles. The Balaban J connectivity index is 2.00. The normalized spacial score (nSPS) is 11.9. The Morgan fingerprint density at radius 3 is 1.92 bits per heavy atom. The van der Waals surface area contributed by atoms with E-state index in [0.717, 1.165) is 10.9 Å². The van der Waals surface area contributed by atoms with Crippen molar-refractivity contribution in [3.8, 4) is 11.1 Å². The van der Waals surface area contributed by atoms with Crippen LogP contribution in [0.1, 0.15) is 0 Å². The second-order valence-electron chi connectivity index (χ2n) is 6.59. The van der Waals surface area contributed by atoms with Crippen LogP contribution in [0.2, 0.25) is 0 Å². The number of hydrogen-bond donors (Lipinski definition) is 0. The van der Waals surface area contributed by atoms with Gasteiger partial charge in [-0.05, 0) is 52.1 Å². The van der Waals surface area contributed by atoms with Crippen molar-refractivity contribution in [2.24, 2.45) is 0 Å². The molecule has 0 unspecified atom stereocenters. The molecule has 0 aliphatic heterocycles. The fraction of sp³-hybridized carbons (Fsp3) is 0.0909. The van der Waals surface area contributed by atoms with Crippen LogP contribution in [0, 0.1) is 0 Å². The van der Waals surface area contributed by atoms with E-state index < -0.39 is 7.14 Å². The molecule has 118 valence electrons. The van der Waals surface area contributed by atoms with E-state index in [1.807, 2.05) is 25.5 Å². The SMILES string of the molecule is CP(C)(=O)c1ccc(-c2cc3ccccc3c3ccccc23)cc1. The molecular formula is C22H19OP. The molecule has 1 nitrogen and oxygen atoms in total. The lowest BCUT2D eigenvalue weighted by Crippen LogP contribution is -2.01. The molecule has 0 N–H and O–H groups in total. The first kappa shape index (κ1) is 15.2. The van der Waals surface area contributed by atoms with Crippen LogP contribution in [-0.2, 0) is 4.57 Å².